The summed E-state index contributed by atoms with van der Waals surface area (Å²) in [5.41, 5.74) is 0.577. The highest BCUT2D eigenvalue weighted by Crippen LogP contribution is 2.25. The molecular weight excluding hydrogens is 294 g/mol. The maximum atomic E-state index is 10.9. The monoisotopic (exact) mass is 313 g/mol. The minimum absolute atomic E-state index is 0.206. The maximum absolute atomic E-state index is 10.9. The standard InChI is InChI=1S/C14H19NO7/c1-7(17)15-8-2-4-9(5-3-8)21-14-13(20)12(19)11(18)10(6-16)22-14/h2-5,10-14,16,18-20H,6H2,1H3,(H,15,17)/t10-,11-,12?,13?,14+/m1/s1. The first-order valence-electron chi connectivity index (χ1n) is 6.77. The predicted octanol–water partition coefficient (Wildman–Crippen LogP) is -1.18. The third-order valence-electron chi connectivity index (χ3n) is 3.28. The van der Waals surface area contributed by atoms with Crippen LogP contribution in [0.2, 0.25) is 0 Å². The molecule has 0 aliphatic carbocycles. The van der Waals surface area contributed by atoms with Crippen molar-refractivity contribution in [2.75, 3.05) is 11.9 Å². The number of carbonyl (C=O) groups excluding carboxylic acids is 1. The Balaban J connectivity index is 2.04. The zero-order valence-electron chi connectivity index (χ0n) is 11.9. The molecule has 1 saturated heterocycles. The van der Waals surface area contributed by atoms with Crippen LogP contribution in [0.15, 0.2) is 24.3 Å². The van der Waals surface area contributed by atoms with Gasteiger partial charge >= 0.3 is 0 Å². The second kappa shape index (κ2) is 7.03. The summed E-state index contributed by atoms with van der Waals surface area (Å²) in [6, 6.07) is 6.29. The number of amides is 1. The van der Waals surface area contributed by atoms with Crippen molar-refractivity contribution in [2.24, 2.45) is 0 Å². The van der Waals surface area contributed by atoms with Crippen molar-refractivity contribution < 1.29 is 34.7 Å². The SMILES string of the molecule is CC(=O)Nc1ccc(O[C@H]2O[C@H](CO)[C@@H](O)C(O)C2O)cc1. The number of nitrogens with one attached hydrogen (secondary N) is 1. The van der Waals surface area contributed by atoms with Crippen molar-refractivity contribution in [3.8, 4) is 5.75 Å². The summed E-state index contributed by atoms with van der Waals surface area (Å²) in [7, 11) is 0. The van der Waals surface area contributed by atoms with Gasteiger partial charge in [0.1, 0.15) is 30.2 Å². The van der Waals surface area contributed by atoms with E-state index in [0.29, 0.717) is 11.4 Å². The Labute approximate surface area is 126 Å². The number of benzene rings is 1. The highest BCUT2D eigenvalue weighted by atomic mass is 16.7. The third-order valence-corrected chi connectivity index (χ3v) is 3.28. The molecule has 1 aliphatic rings. The highest BCUT2D eigenvalue weighted by molar-refractivity contribution is 5.88. The van der Waals surface area contributed by atoms with Gasteiger partial charge in [-0.05, 0) is 24.3 Å². The fourth-order valence-electron chi connectivity index (χ4n) is 2.12. The zero-order chi connectivity index (χ0) is 16.3. The van der Waals surface area contributed by atoms with Crippen molar-refractivity contribution in [2.45, 2.75) is 37.6 Å². The molecule has 0 spiro atoms. The largest absolute Gasteiger partial charge is 0.462 e. The Morgan fingerprint density at radius 1 is 1.18 bits per heavy atom. The van der Waals surface area contributed by atoms with Gasteiger partial charge in [0.15, 0.2) is 0 Å². The Bertz CT molecular complexity index is 504. The second-order valence-electron chi connectivity index (χ2n) is 5.02. The van der Waals surface area contributed by atoms with E-state index in [1.54, 1.807) is 24.3 Å². The van der Waals surface area contributed by atoms with Crippen molar-refractivity contribution in [3.63, 3.8) is 0 Å². The smallest absolute Gasteiger partial charge is 0.229 e. The number of carbonyl (C=O) groups is 1. The van der Waals surface area contributed by atoms with Crippen LogP contribution in [-0.2, 0) is 9.53 Å². The zero-order valence-corrected chi connectivity index (χ0v) is 11.9. The molecule has 1 fully saturated rings. The van der Waals surface area contributed by atoms with Crippen LogP contribution in [0, 0.1) is 0 Å². The Kier molecular flexibility index (Phi) is 5.33. The van der Waals surface area contributed by atoms with E-state index in [1.807, 2.05) is 0 Å². The molecule has 5 atom stereocenters. The summed E-state index contributed by atoms with van der Waals surface area (Å²) in [5, 5.41) is 40.9. The van der Waals surface area contributed by atoms with E-state index >= 15 is 0 Å². The molecule has 22 heavy (non-hydrogen) atoms. The molecule has 0 bridgehead atoms. The van der Waals surface area contributed by atoms with E-state index in [2.05, 4.69) is 5.32 Å². The Morgan fingerprint density at radius 2 is 1.82 bits per heavy atom. The minimum atomic E-state index is -1.49. The van der Waals surface area contributed by atoms with Crippen LogP contribution in [0.4, 0.5) is 5.69 Å². The summed E-state index contributed by atoms with van der Waals surface area (Å²) >= 11 is 0. The summed E-state index contributed by atoms with van der Waals surface area (Å²) in [4.78, 5) is 10.9. The van der Waals surface area contributed by atoms with Crippen LogP contribution in [0.3, 0.4) is 0 Å². The van der Waals surface area contributed by atoms with Crippen LogP contribution in [0.5, 0.6) is 5.75 Å². The van der Waals surface area contributed by atoms with Crippen LogP contribution >= 0.6 is 0 Å². The predicted molar refractivity (Wildman–Crippen MR) is 75.1 cm³/mol. The number of ether oxygens (including phenoxy) is 2. The molecule has 1 amide bonds. The van der Waals surface area contributed by atoms with Gasteiger partial charge in [-0.1, -0.05) is 0 Å². The first-order chi connectivity index (χ1) is 10.4. The van der Waals surface area contributed by atoms with E-state index in [9.17, 15) is 20.1 Å². The molecule has 5 N–H and O–H groups in total. The maximum Gasteiger partial charge on any atom is 0.229 e. The topological polar surface area (TPSA) is 128 Å². The number of hydrogen-bond acceptors (Lipinski definition) is 7. The van der Waals surface area contributed by atoms with Crippen LogP contribution in [0.1, 0.15) is 6.92 Å². The van der Waals surface area contributed by atoms with Crippen LogP contribution in [-0.4, -0.2) is 63.6 Å². The molecule has 2 rings (SSSR count). The Hall–Kier alpha value is -1.71. The first kappa shape index (κ1) is 16.7. The molecule has 1 aromatic rings. The Morgan fingerprint density at radius 3 is 2.36 bits per heavy atom. The molecular formula is C14H19NO7. The minimum Gasteiger partial charge on any atom is -0.462 e. The molecule has 0 saturated carbocycles. The normalized spacial score (nSPS) is 31.6. The third kappa shape index (κ3) is 3.73. The number of aliphatic hydroxyl groups excluding tert-OH is 4. The van der Waals surface area contributed by atoms with Crippen LogP contribution in [0.25, 0.3) is 0 Å². The molecule has 1 heterocycles. The molecule has 0 aromatic heterocycles. The number of rotatable bonds is 4. The van der Waals surface area contributed by atoms with Gasteiger partial charge in [-0.3, -0.25) is 4.79 Å². The van der Waals surface area contributed by atoms with Crippen molar-refractivity contribution in [1.29, 1.82) is 0 Å². The lowest BCUT2D eigenvalue weighted by Gasteiger charge is -2.39. The molecule has 2 unspecified atom stereocenters. The van der Waals surface area contributed by atoms with Gasteiger partial charge in [0.2, 0.25) is 12.2 Å². The quantitative estimate of drug-likeness (QED) is 0.473. The molecule has 1 aliphatic heterocycles. The summed E-state index contributed by atoms with van der Waals surface area (Å²) < 4.78 is 10.6. The van der Waals surface area contributed by atoms with E-state index < -0.39 is 37.3 Å². The summed E-state index contributed by atoms with van der Waals surface area (Å²) in [6.07, 6.45) is -6.64. The second-order valence-corrected chi connectivity index (χ2v) is 5.02. The van der Waals surface area contributed by atoms with Crippen LogP contribution < -0.4 is 10.1 Å². The van der Waals surface area contributed by atoms with Gasteiger partial charge in [0.25, 0.3) is 0 Å². The summed E-state index contributed by atoms with van der Waals surface area (Å²) in [6.45, 7) is 0.866. The van der Waals surface area contributed by atoms with Gasteiger partial charge < -0.3 is 35.2 Å². The van der Waals surface area contributed by atoms with E-state index in [1.165, 1.54) is 6.92 Å². The average Bonchev–Trinajstić information content (AvgIpc) is 2.49. The molecule has 122 valence electrons. The van der Waals surface area contributed by atoms with Crippen molar-refractivity contribution in [3.05, 3.63) is 24.3 Å². The fraction of sp³-hybridized carbons (Fsp3) is 0.500. The lowest BCUT2D eigenvalue weighted by molar-refractivity contribution is -0.277. The number of aliphatic hydroxyl groups is 4. The number of anilines is 1. The average molecular weight is 313 g/mol. The molecule has 1 aromatic carbocycles. The van der Waals surface area contributed by atoms with Crippen molar-refractivity contribution in [1.82, 2.24) is 0 Å². The number of hydrogen-bond donors (Lipinski definition) is 5. The van der Waals surface area contributed by atoms with Crippen molar-refractivity contribution >= 4 is 11.6 Å². The van der Waals surface area contributed by atoms with E-state index in [-0.39, 0.29) is 5.91 Å². The molecule has 8 nitrogen and oxygen atoms in total. The summed E-state index contributed by atoms with van der Waals surface area (Å²) in [5.74, 6) is 0.126. The molecule has 8 heteroatoms. The highest BCUT2D eigenvalue weighted by Gasteiger charge is 2.44. The van der Waals surface area contributed by atoms with Gasteiger partial charge in [0.05, 0.1) is 6.61 Å². The lowest BCUT2D eigenvalue weighted by Crippen LogP contribution is -2.60. The van der Waals surface area contributed by atoms with E-state index in [0.717, 1.165) is 0 Å². The first-order valence-corrected chi connectivity index (χ1v) is 6.77. The van der Waals surface area contributed by atoms with Gasteiger partial charge in [-0.25, -0.2) is 0 Å². The van der Waals surface area contributed by atoms with E-state index in [4.69, 9.17) is 14.6 Å². The van der Waals surface area contributed by atoms with Gasteiger partial charge in [0, 0.05) is 12.6 Å². The lowest BCUT2D eigenvalue weighted by atomic mass is 9.99. The molecule has 0 radical (unpaired) electrons. The van der Waals surface area contributed by atoms with Gasteiger partial charge in [-0.15, -0.1) is 0 Å². The fourth-order valence-corrected chi connectivity index (χ4v) is 2.12. The van der Waals surface area contributed by atoms with Gasteiger partial charge in [-0.2, -0.15) is 0 Å².